The second kappa shape index (κ2) is 8.46. The number of halogens is 5. The van der Waals surface area contributed by atoms with Crippen LogP contribution in [-0.4, -0.2) is 14.4 Å². The fourth-order valence-electron chi connectivity index (χ4n) is 3.90. The molecule has 5 aromatic rings. The first-order chi connectivity index (χ1) is 17.2. The normalized spacial score (nSPS) is 11.6. The van der Waals surface area contributed by atoms with Gasteiger partial charge in [0.25, 0.3) is 5.56 Å². The largest absolute Gasteiger partial charge is 0.416 e. The Balaban J connectivity index is 1.77. The third-order valence-electron chi connectivity index (χ3n) is 5.61. The van der Waals surface area contributed by atoms with Crippen molar-refractivity contribution in [1.82, 2.24) is 14.4 Å². The van der Waals surface area contributed by atoms with E-state index in [-0.39, 0.29) is 28.4 Å². The zero-order valence-electron chi connectivity index (χ0n) is 18.1. The van der Waals surface area contributed by atoms with Gasteiger partial charge in [-0.25, -0.2) is 18.2 Å². The van der Waals surface area contributed by atoms with Crippen LogP contribution in [0.15, 0.2) is 77.6 Å². The van der Waals surface area contributed by atoms with Gasteiger partial charge in [0, 0.05) is 28.8 Å². The molecule has 0 atom stereocenters. The number of fused-ring (bicyclic) bond motifs is 1. The highest BCUT2D eigenvalue weighted by atomic mass is 19.4. The summed E-state index contributed by atoms with van der Waals surface area (Å²) in [5.41, 5.74) is 0.130. The van der Waals surface area contributed by atoms with Crippen LogP contribution in [0, 0.1) is 23.0 Å². The fraction of sp³-hybridized carbons (Fsp3) is 0.0385. The van der Waals surface area contributed by atoms with Crippen molar-refractivity contribution in [3.8, 4) is 39.8 Å². The van der Waals surface area contributed by atoms with Gasteiger partial charge in [0.2, 0.25) is 5.78 Å². The minimum absolute atomic E-state index is 0.00418. The Morgan fingerprint density at radius 2 is 1.56 bits per heavy atom. The lowest BCUT2D eigenvalue weighted by Crippen LogP contribution is -2.14. The number of hydrogen-bond acceptors (Lipinski definition) is 3. The van der Waals surface area contributed by atoms with Crippen molar-refractivity contribution >= 4 is 5.78 Å². The van der Waals surface area contributed by atoms with Crippen molar-refractivity contribution in [2.24, 2.45) is 0 Å². The van der Waals surface area contributed by atoms with Gasteiger partial charge in [0.05, 0.1) is 34.3 Å². The van der Waals surface area contributed by atoms with Crippen LogP contribution >= 0.6 is 0 Å². The highest BCUT2D eigenvalue weighted by Crippen LogP contribution is 2.35. The van der Waals surface area contributed by atoms with Gasteiger partial charge in [-0.15, -0.1) is 0 Å². The molecule has 0 fully saturated rings. The molecule has 36 heavy (non-hydrogen) atoms. The molecule has 0 saturated carbocycles. The highest BCUT2D eigenvalue weighted by Gasteiger charge is 2.30. The number of nitriles is 1. The van der Waals surface area contributed by atoms with Crippen molar-refractivity contribution < 1.29 is 22.0 Å². The maximum absolute atomic E-state index is 14.4. The number of alkyl halides is 3. The molecular weight excluding hydrogens is 479 g/mol. The Hall–Kier alpha value is -4.78. The Kier molecular flexibility index (Phi) is 5.40. The average Bonchev–Trinajstić information content (AvgIpc) is 3.24. The van der Waals surface area contributed by atoms with Gasteiger partial charge >= 0.3 is 6.18 Å². The van der Waals surface area contributed by atoms with Gasteiger partial charge in [-0.3, -0.25) is 4.79 Å². The molecule has 2 heterocycles. The summed E-state index contributed by atoms with van der Waals surface area (Å²) in [6.45, 7) is 0. The van der Waals surface area contributed by atoms with Gasteiger partial charge in [-0.05, 0) is 36.4 Å². The van der Waals surface area contributed by atoms with Crippen molar-refractivity contribution in [3.63, 3.8) is 0 Å². The second-order valence-electron chi connectivity index (χ2n) is 7.88. The Morgan fingerprint density at radius 1 is 0.889 bits per heavy atom. The molecule has 2 aromatic heterocycles. The summed E-state index contributed by atoms with van der Waals surface area (Å²) < 4.78 is 68.2. The number of rotatable bonds is 3. The lowest BCUT2D eigenvalue weighted by molar-refractivity contribution is -0.137. The minimum atomic E-state index is -4.53. The number of aromatic amines is 1. The van der Waals surface area contributed by atoms with Gasteiger partial charge < -0.3 is 4.98 Å². The van der Waals surface area contributed by atoms with E-state index in [2.05, 4.69) is 9.97 Å². The van der Waals surface area contributed by atoms with Crippen LogP contribution in [0.3, 0.4) is 0 Å². The first-order valence-corrected chi connectivity index (χ1v) is 10.4. The molecule has 3 aromatic carbocycles. The Labute approximate surface area is 199 Å². The topological polar surface area (TPSA) is 73.9 Å². The average molecular weight is 492 g/mol. The summed E-state index contributed by atoms with van der Waals surface area (Å²) in [5.74, 6) is -1.68. The van der Waals surface area contributed by atoms with Gasteiger partial charge in [0.1, 0.15) is 11.6 Å². The molecule has 10 heteroatoms. The van der Waals surface area contributed by atoms with E-state index in [1.165, 1.54) is 34.7 Å². The second-order valence-corrected chi connectivity index (χ2v) is 7.88. The summed E-state index contributed by atoms with van der Waals surface area (Å²) in [4.78, 5) is 20.5. The summed E-state index contributed by atoms with van der Waals surface area (Å²) in [6, 6.07) is 16.5. The van der Waals surface area contributed by atoms with E-state index < -0.39 is 28.9 Å². The molecule has 178 valence electrons. The van der Waals surface area contributed by atoms with E-state index in [9.17, 15) is 26.7 Å². The maximum Gasteiger partial charge on any atom is 0.416 e. The zero-order valence-corrected chi connectivity index (χ0v) is 18.1. The first-order valence-electron chi connectivity index (χ1n) is 10.4. The number of benzene rings is 3. The van der Waals surface area contributed by atoms with Crippen LogP contribution in [-0.2, 0) is 6.18 Å². The summed E-state index contributed by atoms with van der Waals surface area (Å²) in [6.07, 6.45) is -4.53. The van der Waals surface area contributed by atoms with E-state index in [1.54, 1.807) is 12.1 Å². The van der Waals surface area contributed by atoms with Gasteiger partial charge in [-0.2, -0.15) is 18.4 Å². The fourth-order valence-corrected chi connectivity index (χ4v) is 3.90. The molecule has 0 saturated heterocycles. The van der Waals surface area contributed by atoms with E-state index in [4.69, 9.17) is 5.26 Å². The zero-order chi connectivity index (χ0) is 25.6. The molecule has 1 N–H and O–H groups in total. The lowest BCUT2D eigenvalue weighted by atomic mass is 10.0. The van der Waals surface area contributed by atoms with Gasteiger partial charge in [0.15, 0.2) is 0 Å². The van der Waals surface area contributed by atoms with Crippen LogP contribution in [0.2, 0.25) is 0 Å². The van der Waals surface area contributed by atoms with Crippen LogP contribution in [0.4, 0.5) is 22.0 Å². The SMILES string of the molecule is N#Cc1ccc(-c2c(-c3ccc(C(F)(F)F)cc3)nc3[nH]c(-c4ccc(F)cc4F)cc(=O)n23)cc1. The standard InChI is InChI=1S/C26H13F5N4O/c27-18-9-10-19(20(28)11-18)21-12-22(36)35-24(16-3-1-14(13-32)2-4-16)23(34-25(35)33-21)15-5-7-17(8-6-15)26(29,30)31/h1-12H,(H,33,34). The number of nitrogens with one attached hydrogen (secondary N) is 1. The van der Waals surface area contributed by atoms with Crippen molar-refractivity contribution in [1.29, 1.82) is 5.26 Å². The smallest absolute Gasteiger partial charge is 0.324 e. The van der Waals surface area contributed by atoms with Crippen molar-refractivity contribution in [2.75, 3.05) is 0 Å². The van der Waals surface area contributed by atoms with Gasteiger partial charge in [-0.1, -0.05) is 24.3 Å². The van der Waals surface area contributed by atoms with Crippen LogP contribution < -0.4 is 5.56 Å². The van der Waals surface area contributed by atoms with Crippen molar-refractivity contribution in [3.05, 3.63) is 106 Å². The summed E-state index contributed by atoms with van der Waals surface area (Å²) >= 11 is 0. The summed E-state index contributed by atoms with van der Waals surface area (Å²) in [7, 11) is 0. The monoisotopic (exact) mass is 492 g/mol. The Morgan fingerprint density at radius 3 is 2.17 bits per heavy atom. The third-order valence-corrected chi connectivity index (χ3v) is 5.61. The van der Waals surface area contributed by atoms with E-state index >= 15 is 0 Å². The lowest BCUT2D eigenvalue weighted by Gasteiger charge is -2.09. The number of aromatic nitrogens is 3. The minimum Gasteiger partial charge on any atom is -0.324 e. The molecule has 5 nitrogen and oxygen atoms in total. The van der Waals surface area contributed by atoms with Crippen LogP contribution in [0.25, 0.3) is 39.5 Å². The number of hydrogen-bond donors (Lipinski definition) is 1. The molecule has 0 amide bonds. The molecule has 0 unspecified atom stereocenters. The van der Waals surface area contributed by atoms with E-state index in [0.717, 1.165) is 24.3 Å². The Bertz CT molecular complexity index is 1710. The number of imidazole rings is 1. The molecule has 0 aliphatic rings. The highest BCUT2D eigenvalue weighted by molar-refractivity contribution is 5.82. The van der Waals surface area contributed by atoms with Crippen molar-refractivity contribution in [2.45, 2.75) is 6.18 Å². The maximum atomic E-state index is 14.4. The van der Waals surface area contributed by atoms with Crippen LogP contribution in [0.1, 0.15) is 11.1 Å². The van der Waals surface area contributed by atoms with E-state index in [1.807, 2.05) is 6.07 Å². The summed E-state index contributed by atoms with van der Waals surface area (Å²) in [5, 5.41) is 9.11. The molecule has 0 radical (unpaired) electrons. The molecular formula is C26H13F5N4O. The molecule has 0 aliphatic heterocycles. The third kappa shape index (κ3) is 4.01. The molecule has 0 spiro atoms. The first kappa shape index (κ1) is 23.0. The number of nitrogens with zero attached hydrogens (tertiary/aromatic N) is 3. The predicted molar refractivity (Wildman–Crippen MR) is 122 cm³/mol. The predicted octanol–water partition coefficient (Wildman–Crippen LogP) is 6.19. The van der Waals surface area contributed by atoms with E-state index in [0.29, 0.717) is 22.8 Å². The quantitative estimate of drug-likeness (QED) is 0.305. The van der Waals surface area contributed by atoms with Crippen LogP contribution in [0.5, 0.6) is 0 Å². The molecule has 0 aliphatic carbocycles. The molecule has 5 rings (SSSR count). The number of H-pyrrole nitrogens is 1. The molecule has 0 bridgehead atoms.